The van der Waals surface area contributed by atoms with E-state index in [0.717, 1.165) is 0 Å². The van der Waals surface area contributed by atoms with E-state index < -0.39 is 35.9 Å². The molecule has 3 atom stereocenters. The molecule has 0 radical (unpaired) electrons. The molecule has 2 amide bonds. The average molecular weight is 451 g/mol. The molecule has 0 saturated heterocycles. The maximum Gasteiger partial charge on any atom is 0.326 e. The van der Waals surface area contributed by atoms with E-state index in [4.69, 9.17) is 17.2 Å². The third kappa shape index (κ3) is 10.1. The largest absolute Gasteiger partial charge is 0.508 e. The number of aliphatic imine (C=N–C) groups is 1. The Morgan fingerprint density at radius 3 is 2.16 bits per heavy atom. The minimum absolute atomic E-state index is 0.0218. The number of rotatable bonds is 13. The number of amides is 2. The van der Waals surface area contributed by atoms with Crippen LogP contribution in [-0.4, -0.2) is 58.6 Å². The van der Waals surface area contributed by atoms with Gasteiger partial charge in [0.2, 0.25) is 11.8 Å². The van der Waals surface area contributed by atoms with Crippen LogP contribution in [0.2, 0.25) is 0 Å². The van der Waals surface area contributed by atoms with Gasteiger partial charge in [0.25, 0.3) is 0 Å². The smallest absolute Gasteiger partial charge is 0.326 e. The van der Waals surface area contributed by atoms with Crippen molar-refractivity contribution >= 4 is 23.7 Å². The number of carboxylic acids is 1. The normalized spacial score (nSPS) is 13.6. The Morgan fingerprint density at radius 2 is 1.62 bits per heavy atom. The molecule has 0 bridgehead atoms. The predicted octanol–water partition coefficient (Wildman–Crippen LogP) is -0.584. The highest BCUT2D eigenvalue weighted by Gasteiger charge is 2.28. The molecular formula is C21H34N6O5. The summed E-state index contributed by atoms with van der Waals surface area (Å²) < 4.78 is 0. The zero-order valence-electron chi connectivity index (χ0n) is 18.5. The van der Waals surface area contributed by atoms with Crippen LogP contribution in [0.1, 0.15) is 38.7 Å². The molecule has 0 fully saturated rings. The standard InChI is InChI=1S/C21H34N6O5/c1-12(2)10-16(26-18(29)15(22)4-3-9-25-21(23)24)19(30)27-17(20(31)32)11-13-5-7-14(28)8-6-13/h5-8,12,15-17,28H,3-4,9-11,22H2,1-2H3,(H,26,29)(H,27,30)(H,31,32)(H4,23,24,25)/t15-,16-,17-/m0/s1. The van der Waals surface area contributed by atoms with E-state index >= 15 is 0 Å². The number of benzene rings is 1. The van der Waals surface area contributed by atoms with Crippen molar-refractivity contribution in [3.05, 3.63) is 29.8 Å². The summed E-state index contributed by atoms with van der Waals surface area (Å²) >= 11 is 0. The van der Waals surface area contributed by atoms with Crippen LogP contribution in [0, 0.1) is 5.92 Å². The van der Waals surface area contributed by atoms with Gasteiger partial charge < -0.3 is 38.0 Å². The molecule has 10 N–H and O–H groups in total. The molecule has 11 heteroatoms. The Labute approximate surface area is 187 Å². The second kappa shape index (κ2) is 13.2. The van der Waals surface area contributed by atoms with Crippen molar-refractivity contribution in [1.82, 2.24) is 10.6 Å². The number of carboxylic acid groups (broad SMARTS) is 1. The number of nitrogens with zero attached hydrogens (tertiary/aromatic N) is 1. The van der Waals surface area contributed by atoms with Crippen LogP contribution < -0.4 is 27.8 Å². The first-order valence-electron chi connectivity index (χ1n) is 10.4. The summed E-state index contributed by atoms with van der Waals surface area (Å²) in [6.45, 7) is 4.09. The van der Waals surface area contributed by atoms with Crippen LogP contribution in [0.15, 0.2) is 29.3 Å². The van der Waals surface area contributed by atoms with Crippen molar-refractivity contribution in [3.63, 3.8) is 0 Å². The highest BCUT2D eigenvalue weighted by atomic mass is 16.4. The topological polar surface area (TPSA) is 206 Å². The molecule has 178 valence electrons. The summed E-state index contributed by atoms with van der Waals surface area (Å²) in [5, 5.41) is 24.0. The third-order valence-electron chi connectivity index (χ3n) is 4.64. The van der Waals surface area contributed by atoms with Gasteiger partial charge in [-0.1, -0.05) is 26.0 Å². The van der Waals surface area contributed by atoms with Gasteiger partial charge in [0.15, 0.2) is 5.96 Å². The van der Waals surface area contributed by atoms with Gasteiger partial charge in [0, 0.05) is 13.0 Å². The van der Waals surface area contributed by atoms with Crippen molar-refractivity contribution in [2.45, 2.75) is 57.7 Å². The number of aliphatic carboxylic acids is 1. The van der Waals surface area contributed by atoms with Crippen LogP contribution in [0.5, 0.6) is 5.75 Å². The zero-order chi connectivity index (χ0) is 24.3. The highest BCUT2D eigenvalue weighted by molar-refractivity contribution is 5.91. The first-order valence-corrected chi connectivity index (χ1v) is 10.4. The maximum absolute atomic E-state index is 12.8. The number of phenols is 1. The van der Waals surface area contributed by atoms with Crippen LogP contribution in [0.3, 0.4) is 0 Å². The lowest BCUT2D eigenvalue weighted by molar-refractivity contribution is -0.142. The van der Waals surface area contributed by atoms with Gasteiger partial charge in [-0.25, -0.2) is 4.79 Å². The summed E-state index contributed by atoms with van der Waals surface area (Å²) in [5.41, 5.74) is 17.0. The van der Waals surface area contributed by atoms with Gasteiger partial charge in [0.1, 0.15) is 17.8 Å². The molecule has 0 aliphatic rings. The van der Waals surface area contributed by atoms with Crippen LogP contribution in [-0.2, 0) is 20.8 Å². The minimum atomic E-state index is -1.21. The van der Waals surface area contributed by atoms with Crippen molar-refractivity contribution in [1.29, 1.82) is 0 Å². The van der Waals surface area contributed by atoms with E-state index in [1.54, 1.807) is 12.1 Å². The number of nitrogens with one attached hydrogen (secondary N) is 2. The van der Waals surface area contributed by atoms with E-state index in [1.807, 2.05) is 13.8 Å². The first-order chi connectivity index (χ1) is 15.0. The van der Waals surface area contributed by atoms with Crippen molar-refractivity contribution in [2.24, 2.45) is 28.1 Å². The zero-order valence-corrected chi connectivity index (χ0v) is 18.5. The van der Waals surface area contributed by atoms with Crippen LogP contribution in [0.4, 0.5) is 0 Å². The number of carbonyl (C=O) groups excluding carboxylic acids is 2. The molecule has 0 aliphatic carbocycles. The van der Waals surface area contributed by atoms with Crippen molar-refractivity contribution < 1.29 is 24.6 Å². The Hall–Kier alpha value is -3.34. The fraction of sp³-hybridized carbons (Fsp3) is 0.524. The average Bonchev–Trinajstić information content (AvgIpc) is 2.70. The molecule has 0 aromatic heterocycles. The van der Waals surface area contributed by atoms with E-state index in [2.05, 4.69) is 15.6 Å². The molecule has 0 unspecified atom stereocenters. The Morgan fingerprint density at radius 1 is 1.03 bits per heavy atom. The predicted molar refractivity (Wildman–Crippen MR) is 121 cm³/mol. The Balaban J connectivity index is 2.77. The lowest BCUT2D eigenvalue weighted by atomic mass is 10.0. The summed E-state index contributed by atoms with van der Waals surface area (Å²) in [6, 6.07) is 3.02. The SMILES string of the molecule is CC(C)C[C@H](NC(=O)[C@@H](N)CCCN=C(N)N)C(=O)N[C@@H](Cc1ccc(O)cc1)C(=O)O. The second-order valence-electron chi connectivity index (χ2n) is 8.02. The van der Waals surface area contributed by atoms with Gasteiger partial charge in [-0.3, -0.25) is 14.6 Å². The second-order valence-corrected chi connectivity index (χ2v) is 8.02. The van der Waals surface area contributed by atoms with Gasteiger partial charge in [-0.05, 0) is 42.9 Å². The van der Waals surface area contributed by atoms with E-state index in [0.29, 0.717) is 31.4 Å². The number of nitrogens with two attached hydrogens (primary N) is 3. The van der Waals surface area contributed by atoms with Crippen molar-refractivity contribution in [3.8, 4) is 5.75 Å². The van der Waals surface area contributed by atoms with E-state index in [-0.39, 0.29) is 24.0 Å². The number of hydrogen-bond acceptors (Lipinski definition) is 6. The van der Waals surface area contributed by atoms with Crippen molar-refractivity contribution in [2.75, 3.05) is 6.54 Å². The molecule has 1 aromatic rings. The third-order valence-corrected chi connectivity index (χ3v) is 4.64. The molecule has 32 heavy (non-hydrogen) atoms. The summed E-state index contributed by atoms with van der Waals surface area (Å²) in [7, 11) is 0. The quantitative estimate of drug-likeness (QED) is 0.117. The van der Waals surface area contributed by atoms with Crippen LogP contribution >= 0.6 is 0 Å². The Bertz CT molecular complexity index is 792. The van der Waals surface area contributed by atoms with Gasteiger partial charge in [0.05, 0.1) is 6.04 Å². The lowest BCUT2D eigenvalue weighted by Gasteiger charge is -2.24. The van der Waals surface area contributed by atoms with Gasteiger partial charge in [-0.2, -0.15) is 0 Å². The molecular weight excluding hydrogens is 416 g/mol. The number of hydrogen-bond donors (Lipinski definition) is 7. The molecule has 1 rings (SSSR count). The molecule has 0 heterocycles. The Kier molecular flexibility index (Phi) is 11.0. The highest BCUT2D eigenvalue weighted by Crippen LogP contribution is 2.12. The summed E-state index contributed by atoms with van der Waals surface area (Å²) in [6.07, 6.45) is 1.14. The number of phenolic OH excluding ortho intramolecular Hbond substituents is 1. The molecule has 1 aromatic carbocycles. The van der Waals surface area contributed by atoms with E-state index in [1.165, 1.54) is 12.1 Å². The fourth-order valence-electron chi connectivity index (χ4n) is 2.97. The van der Waals surface area contributed by atoms with Crippen LogP contribution in [0.25, 0.3) is 0 Å². The monoisotopic (exact) mass is 450 g/mol. The summed E-state index contributed by atoms with van der Waals surface area (Å²) in [4.78, 5) is 40.8. The summed E-state index contributed by atoms with van der Waals surface area (Å²) in [5.74, 6) is -2.26. The molecule has 0 aliphatic heterocycles. The number of carbonyl (C=O) groups is 3. The van der Waals surface area contributed by atoms with E-state index in [9.17, 15) is 24.6 Å². The number of guanidine groups is 1. The fourth-order valence-corrected chi connectivity index (χ4v) is 2.97. The molecule has 0 saturated carbocycles. The minimum Gasteiger partial charge on any atom is -0.508 e. The molecule has 0 spiro atoms. The number of aromatic hydroxyl groups is 1. The molecule has 11 nitrogen and oxygen atoms in total. The first kappa shape index (κ1) is 26.7. The lowest BCUT2D eigenvalue weighted by Crippen LogP contribution is -2.55. The van der Waals surface area contributed by atoms with Gasteiger partial charge in [-0.15, -0.1) is 0 Å². The maximum atomic E-state index is 12.8. The van der Waals surface area contributed by atoms with Gasteiger partial charge >= 0.3 is 5.97 Å².